The third-order valence-electron chi connectivity index (χ3n) is 3.50. The van der Waals surface area contributed by atoms with E-state index in [1.54, 1.807) is 12.1 Å². The van der Waals surface area contributed by atoms with Gasteiger partial charge in [-0.1, -0.05) is 29.8 Å². The van der Waals surface area contributed by atoms with Gasteiger partial charge in [-0.3, -0.25) is 4.79 Å². The SMILES string of the molecule is Cl.O=C(c1ccco1)N1CCNCC1c1ccccc1Cl. The fourth-order valence-corrected chi connectivity index (χ4v) is 2.77. The molecule has 0 radical (unpaired) electrons. The van der Waals surface area contributed by atoms with E-state index in [4.69, 9.17) is 16.0 Å². The number of benzene rings is 1. The van der Waals surface area contributed by atoms with Crippen LogP contribution in [0.5, 0.6) is 0 Å². The first-order chi connectivity index (χ1) is 9.77. The molecule has 6 heteroatoms. The number of hydrogen-bond donors (Lipinski definition) is 1. The summed E-state index contributed by atoms with van der Waals surface area (Å²) in [5.74, 6) is 0.269. The van der Waals surface area contributed by atoms with Crippen LogP contribution >= 0.6 is 24.0 Å². The number of carbonyl (C=O) groups is 1. The van der Waals surface area contributed by atoms with Crippen molar-refractivity contribution >= 4 is 29.9 Å². The maximum absolute atomic E-state index is 12.5. The van der Waals surface area contributed by atoms with Gasteiger partial charge in [0.1, 0.15) is 0 Å². The fourth-order valence-electron chi connectivity index (χ4n) is 2.51. The van der Waals surface area contributed by atoms with Gasteiger partial charge in [-0.2, -0.15) is 0 Å². The molecule has 1 aromatic carbocycles. The fraction of sp³-hybridized carbons (Fsp3) is 0.267. The molecule has 0 aliphatic carbocycles. The number of rotatable bonds is 2. The molecular weight excluding hydrogens is 311 g/mol. The second-order valence-electron chi connectivity index (χ2n) is 4.72. The Morgan fingerprint density at radius 1 is 1.29 bits per heavy atom. The lowest BCUT2D eigenvalue weighted by Gasteiger charge is -2.36. The van der Waals surface area contributed by atoms with Gasteiger partial charge < -0.3 is 14.6 Å². The van der Waals surface area contributed by atoms with Crippen molar-refractivity contribution in [2.24, 2.45) is 0 Å². The predicted molar refractivity (Wildman–Crippen MR) is 84.1 cm³/mol. The average Bonchev–Trinajstić information content (AvgIpc) is 3.01. The summed E-state index contributed by atoms with van der Waals surface area (Å²) >= 11 is 6.26. The minimum absolute atomic E-state index is 0. The van der Waals surface area contributed by atoms with Crippen LogP contribution in [0.3, 0.4) is 0 Å². The molecule has 3 rings (SSSR count). The summed E-state index contributed by atoms with van der Waals surface area (Å²) in [6.07, 6.45) is 1.51. The third kappa shape index (κ3) is 3.23. The van der Waals surface area contributed by atoms with Gasteiger partial charge in [-0.05, 0) is 23.8 Å². The topological polar surface area (TPSA) is 45.5 Å². The van der Waals surface area contributed by atoms with Crippen LogP contribution in [0.15, 0.2) is 47.1 Å². The Morgan fingerprint density at radius 2 is 2.10 bits per heavy atom. The third-order valence-corrected chi connectivity index (χ3v) is 3.84. The second-order valence-corrected chi connectivity index (χ2v) is 5.12. The molecule has 1 saturated heterocycles. The molecule has 2 heterocycles. The van der Waals surface area contributed by atoms with Crippen LogP contribution in [-0.4, -0.2) is 30.4 Å². The van der Waals surface area contributed by atoms with Crippen molar-refractivity contribution in [3.8, 4) is 0 Å². The Labute approximate surface area is 134 Å². The lowest BCUT2D eigenvalue weighted by molar-refractivity contribution is 0.0602. The van der Waals surface area contributed by atoms with E-state index in [0.29, 0.717) is 23.9 Å². The first-order valence-corrected chi connectivity index (χ1v) is 6.95. The summed E-state index contributed by atoms with van der Waals surface area (Å²) in [6.45, 7) is 2.10. The molecule has 1 unspecified atom stereocenters. The molecule has 112 valence electrons. The van der Waals surface area contributed by atoms with Crippen LogP contribution in [-0.2, 0) is 0 Å². The van der Waals surface area contributed by atoms with Gasteiger partial charge in [-0.25, -0.2) is 0 Å². The number of furan rings is 1. The molecule has 0 saturated carbocycles. The zero-order valence-corrected chi connectivity index (χ0v) is 12.9. The van der Waals surface area contributed by atoms with Gasteiger partial charge in [0, 0.05) is 24.7 Å². The highest BCUT2D eigenvalue weighted by Gasteiger charge is 2.30. The minimum atomic E-state index is -0.0959. The Balaban J connectivity index is 0.00000161. The summed E-state index contributed by atoms with van der Waals surface area (Å²) in [6, 6.07) is 11.0. The highest BCUT2D eigenvalue weighted by molar-refractivity contribution is 6.31. The van der Waals surface area contributed by atoms with Crippen molar-refractivity contribution in [2.45, 2.75) is 6.04 Å². The van der Waals surface area contributed by atoms with Crippen LogP contribution in [0.4, 0.5) is 0 Å². The number of hydrogen-bond acceptors (Lipinski definition) is 3. The summed E-state index contributed by atoms with van der Waals surface area (Å²) in [5.41, 5.74) is 0.960. The quantitative estimate of drug-likeness (QED) is 0.922. The van der Waals surface area contributed by atoms with Crippen molar-refractivity contribution in [3.05, 3.63) is 59.0 Å². The lowest BCUT2D eigenvalue weighted by atomic mass is 10.0. The normalized spacial score (nSPS) is 18.1. The molecule has 1 amide bonds. The van der Waals surface area contributed by atoms with Gasteiger partial charge in [-0.15, -0.1) is 12.4 Å². The Kier molecular flexibility index (Phi) is 5.28. The van der Waals surface area contributed by atoms with Crippen molar-refractivity contribution in [3.63, 3.8) is 0 Å². The zero-order valence-electron chi connectivity index (χ0n) is 11.3. The van der Waals surface area contributed by atoms with Gasteiger partial charge >= 0.3 is 0 Å². The zero-order chi connectivity index (χ0) is 13.9. The highest BCUT2D eigenvalue weighted by atomic mass is 35.5. The van der Waals surface area contributed by atoms with E-state index in [1.165, 1.54) is 6.26 Å². The van der Waals surface area contributed by atoms with E-state index in [0.717, 1.165) is 12.1 Å². The number of nitrogens with zero attached hydrogens (tertiary/aromatic N) is 1. The van der Waals surface area contributed by atoms with Crippen molar-refractivity contribution in [1.29, 1.82) is 0 Å². The van der Waals surface area contributed by atoms with Crippen molar-refractivity contribution in [2.75, 3.05) is 19.6 Å². The smallest absolute Gasteiger partial charge is 0.290 e. The monoisotopic (exact) mass is 326 g/mol. The summed E-state index contributed by atoms with van der Waals surface area (Å²) in [7, 11) is 0. The number of amides is 1. The van der Waals surface area contributed by atoms with E-state index in [1.807, 2.05) is 29.2 Å². The van der Waals surface area contributed by atoms with E-state index in [9.17, 15) is 4.79 Å². The van der Waals surface area contributed by atoms with Crippen LogP contribution in [0.1, 0.15) is 22.2 Å². The number of piperazine rings is 1. The Hall–Kier alpha value is -1.49. The largest absolute Gasteiger partial charge is 0.459 e. The van der Waals surface area contributed by atoms with E-state index >= 15 is 0 Å². The maximum atomic E-state index is 12.5. The molecule has 1 aromatic heterocycles. The van der Waals surface area contributed by atoms with Crippen LogP contribution in [0.25, 0.3) is 0 Å². The standard InChI is InChI=1S/C15H15ClN2O2.ClH/c16-12-5-2-1-4-11(12)13-10-17-7-8-18(13)15(19)14-6-3-9-20-14;/h1-6,9,13,17H,7-8,10H2;1H. The molecule has 1 aliphatic rings. The molecule has 0 bridgehead atoms. The van der Waals surface area contributed by atoms with Crippen molar-refractivity contribution < 1.29 is 9.21 Å². The first kappa shape index (κ1) is 15.9. The molecule has 21 heavy (non-hydrogen) atoms. The number of nitrogens with one attached hydrogen (secondary N) is 1. The molecular formula is C15H16Cl2N2O2. The van der Waals surface area contributed by atoms with Crippen molar-refractivity contribution in [1.82, 2.24) is 10.2 Å². The first-order valence-electron chi connectivity index (χ1n) is 6.57. The second kappa shape index (κ2) is 6.98. The minimum Gasteiger partial charge on any atom is -0.459 e. The van der Waals surface area contributed by atoms with Crippen LogP contribution in [0.2, 0.25) is 5.02 Å². The summed E-state index contributed by atoms with van der Waals surface area (Å²) < 4.78 is 5.22. The molecule has 1 fully saturated rings. The molecule has 1 atom stereocenters. The Morgan fingerprint density at radius 3 is 2.81 bits per heavy atom. The maximum Gasteiger partial charge on any atom is 0.290 e. The molecule has 0 spiro atoms. The number of carbonyl (C=O) groups excluding carboxylic acids is 1. The average molecular weight is 327 g/mol. The van der Waals surface area contributed by atoms with Gasteiger partial charge in [0.15, 0.2) is 5.76 Å². The predicted octanol–water partition coefficient (Wildman–Crippen LogP) is 3.14. The van der Waals surface area contributed by atoms with Crippen LogP contribution < -0.4 is 5.32 Å². The molecule has 4 nitrogen and oxygen atoms in total. The van der Waals surface area contributed by atoms with Gasteiger partial charge in [0.05, 0.1) is 12.3 Å². The molecule has 2 aromatic rings. The molecule has 1 N–H and O–H groups in total. The van der Waals surface area contributed by atoms with E-state index < -0.39 is 0 Å². The van der Waals surface area contributed by atoms with Gasteiger partial charge in [0.2, 0.25) is 0 Å². The van der Waals surface area contributed by atoms with Gasteiger partial charge in [0.25, 0.3) is 5.91 Å². The van der Waals surface area contributed by atoms with Crippen LogP contribution in [0, 0.1) is 0 Å². The highest BCUT2D eigenvalue weighted by Crippen LogP contribution is 2.29. The molecule has 1 aliphatic heterocycles. The summed E-state index contributed by atoms with van der Waals surface area (Å²) in [4.78, 5) is 14.3. The number of halogens is 2. The summed E-state index contributed by atoms with van der Waals surface area (Å²) in [5, 5.41) is 3.99. The van der Waals surface area contributed by atoms with E-state index in [-0.39, 0.29) is 24.4 Å². The Bertz CT molecular complexity index is 601. The van der Waals surface area contributed by atoms with E-state index in [2.05, 4.69) is 5.32 Å². The lowest BCUT2D eigenvalue weighted by Crippen LogP contribution is -2.48.